The standard InChI is InChI=1S/C18H23N9O4/c1-9-6-12(28)22-17(20-9)27-11(5-10(2)23-27)21-13(29)7-26-8-19-15-14(26)16(30)25(4)18(31)24(15)3/h5,8-9,14,17,20H,6-7H2,1-4H3,(H-,21,22,23,28,29)/p+1. The van der Waals surface area contributed by atoms with Crippen molar-refractivity contribution in [3.8, 4) is 0 Å². The van der Waals surface area contributed by atoms with Gasteiger partial charge in [0.15, 0.2) is 12.8 Å². The van der Waals surface area contributed by atoms with Crippen molar-refractivity contribution in [2.24, 2.45) is 4.99 Å². The third kappa shape index (κ3) is 3.67. The Morgan fingerprint density at radius 1 is 1.29 bits per heavy atom. The van der Waals surface area contributed by atoms with Gasteiger partial charge in [0.1, 0.15) is 5.82 Å². The molecule has 1 aromatic rings. The summed E-state index contributed by atoms with van der Waals surface area (Å²) < 4.78 is 2.98. The van der Waals surface area contributed by atoms with Crippen LogP contribution in [-0.4, -0.2) is 92.8 Å². The van der Waals surface area contributed by atoms with Gasteiger partial charge in [0.25, 0.3) is 30.0 Å². The number of aliphatic imine (C=N–C) groups is 1. The van der Waals surface area contributed by atoms with Crippen molar-refractivity contribution in [2.45, 2.75) is 38.6 Å². The highest BCUT2D eigenvalue weighted by atomic mass is 16.2. The Balaban J connectivity index is 1.48. The minimum atomic E-state index is -0.842. The van der Waals surface area contributed by atoms with Crippen LogP contribution in [0.3, 0.4) is 0 Å². The molecule has 4 rings (SSSR count). The first-order chi connectivity index (χ1) is 14.7. The normalized spacial score (nSPS) is 25.8. The van der Waals surface area contributed by atoms with E-state index in [1.807, 2.05) is 6.92 Å². The van der Waals surface area contributed by atoms with Gasteiger partial charge in [-0.3, -0.25) is 29.5 Å². The zero-order valence-electron chi connectivity index (χ0n) is 17.6. The van der Waals surface area contributed by atoms with Gasteiger partial charge in [-0.25, -0.2) is 14.1 Å². The molecule has 3 aliphatic rings. The van der Waals surface area contributed by atoms with Gasteiger partial charge in [0.05, 0.1) is 5.69 Å². The molecule has 5 amide bonds. The van der Waals surface area contributed by atoms with E-state index in [2.05, 4.69) is 26.0 Å². The van der Waals surface area contributed by atoms with Crippen molar-refractivity contribution >= 4 is 41.7 Å². The molecule has 3 N–H and O–H groups in total. The second kappa shape index (κ2) is 7.58. The number of amides is 5. The number of amidine groups is 1. The number of anilines is 1. The molecule has 4 heterocycles. The summed E-state index contributed by atoms with van der Waals surface area (Å²) in [5.74, 6) is -0.290. The average molecular weight is 430 g/mol. The predicted molar refractivity (Wildman–Crippen MR) is 108 cm³/mol. The molecule has 3 aliphatic heterocycles. The lowest BCUT2D eigenvalue weighted by atomic mass is 10.1. The fourth-order valence-electron chi connectivity index (χ4n) is 3.82. The Morgan fingerprint density at radius 3 is 2.74 bits per heavy atom. The maximum atomic E-state index is 12.8. The zero-order chi connectivity index (χ0) is 22.4. The van der Waals surface area contributed by atoms with Crippen molar-refractivity contribution in [3.63, 3.8) is 0 Å². The molecule has 0 aromatic carbocycles. The lowest BCUT2D eigenvalue weighted by Gasteiger charge is -2.31. The summed E-state index contributed by atoms with van der Waals surface area (Å²) in [5, 5.41) is 13.2. The van der Waals surface area contributed by atoms with E-state index < -0.39 is 30.2 Å². The molecule has 3 unspecified atom stereocenters. The SMILES string of the molecule is Cc1cc(NC(=O)C[N+]2=CN=C3C2C(=O)N(C)C(=O)N3C)n(C2NC(=O)CC(C)N2)n1. The second-order valence-corrected chi connectivity index (χ2v) is 7.82. The number of carbonyl (C=O) groups is 4. The van der Waals surface area contributed by atoms with E-state index in [1.54, 1.807) is 13.0 Å². The van der Waals surface area contributed by atoms with Crippen LogP contribution in [0.5, 0.6) is 0 Å². The molecule has 3 atom stereocenters. The Hall–Kier alpha value is -3.61. The minimum absolute atomic E-state index is 0.0458. The number of aromatic nitrogens is 2. The van der Waals surface area contributed by atoms with Crippen LogP contribution < -0.4 is 16.0 Å². The Bertz CT molecular complexity index is 1040. The van der Waals surface area contributed by atoms with Crippen LogP contribution in [0.15, 0.2) is 11.1 Å². The number of hydrogen-bond donors (Lipinski definition) is 3. The molecule has 13 nitrogen and oxygen atoms in total. The second-order valence-electron chi connectivity index (χ2n) is 7.82. The maximum absolute atomic E-state index is 12.8. The summed E-state index contributed by atoms with van der Waals surface area (Å²) >= 11 is 0. The Morgan fingerprint density at radius 2 is 2.03 bits per heavy atom. The first-order valence-corrected chi connectivity index (χ1v) is 9.79. The van der Waals surface area contributed by atoms with Gasteiger partial charge < -0.3 is 10.6 Å². The van der Waals surface area contributed by atoms with Crippen LogP contribution in [-0.2, 0) is 14.4 Å². The van der Waals surface area contributed by atoms with E-state index in [0.29, 0.717) is 17.9 Å². The Kier molecular flexibility index (Phi) is 5.05. The van der Waals surface area contributed by atoms with E-state index in [9.17, 15) is 19.2 Å². The van der Waals surface area contributed by atoms with Gasteiger partial charge in [-0.2, -0.15) is 5.10 Å². The van der Waals surface area contributed by atoms with E-state index in [0.717, 1.165) is 4.90 Å². The number of aryl methyl sites for hydroxylation is 1. The number of imide groups is 1. The molecule has 2 saturated heterocycles. The number of fused-ring (bicyclic) bond motifs is 1. The summed E-state index contributed by atoms with van der Waals surface area (Å²) in [7, 11) is 2.92. The summed E-state index contributed by atoms with van der Waals surface area (Å²) in [4.78, 5) is 55.8. The van der Waals surface area contributed by atoms with Crippen LogP contribution in [0.1, 0.15) is 25.3 Å². The summed E-state index contributed by atoms with van der Waals surface area (Å²) in [6.07, 6.45) is 1.14. The quantitative estimate of drug-likeness (QED) is 0.492. The number of urea groups is 1. The van der Waals surface area contributed by atoms with E-state index >= 15 is 0 Å². The molecule has 31 heavy (non-hydrogen) atoms. The number of rotatable bonds is 4. The van der Waals surface area contributed by atoms with Gasteiger partial charge in [-0.05, 0) is 18.8 Å². The van der Waals surface area contributed by atoms with Crippen molar-refractivity contribution < 1.29 is 23.8 Å². The predicted octanol–water partition coefficient (Wildman–Crippen LogP) is -1.57. The number of hydrogen-bond acceptors (Lipinski definition) is 7. The largest absolute Gasteiger partial charge is 0.333 e. The Labute approximate surface area is 177 Å². The molecule has 0 aliphatic carbocycles. The third-order valence-corrected chi connectivity index (χ3v) is 5.32. The molecule has 2 fully saturated rings. The van der Waals surface area contributed by atoms with Gasteiger partial charge in [0, 0.05) is 32.6 Å². The van der Waals surface area contributed by atoms with Crippen molar-refractivity contribution in [1.29, 1.82) is 0 Å². The molecular weight excluding hydrogens is 406 g/mol. The lowest BCUT2D eigenvalue weighted by Crippen LogP contribution is -2.61. The molecule has 164 valence electrons. The van der Waals surface area contributed by atoms with Crippen LogP contribution >= 0.6 is 0 Å². The fraction of sp³-hybridized carbons (Fsp3) is 0.500. The number of nitrogens with one attached hydrogen (secondary N) is 3. The van der Waals surface area contributed by atoms with Crippen molar-refractivity contribution in [3.05, 3.63) is 11.8 Å². The van der Waals surface area contributed by atoms with Crippen molar-refractivity contribution in [1.82, 2.24) is 30.2 Å². The monoisotopic (exact) mass is 430 g/mol. The molecule has 13 heteroatoms. The first kappa shape index (κ1) is 20.7. The van der Waals surface area contributed by atoms with Gasteiger partial charge in [-0.1, -0.05) is 0 Å². The van der Waals surface area contributed by atoms with Gasteiger partial charge in [-0.15, -0.1) is 0 Å². The number of likely N-dealkylation sites (N-methyl/N-ethyl adjacent to an activating group) is 2. The lowest BCUT2D eigenvalue weighted by molar-refractivity contribution is -0.519. The smallest absolute Gasteiger partial charge is 0.322 e. The highest BCUT2D eigenvalue weighted by molar-refractivity contribution is 6.21. The van der Waals surface area contributed by atoms with Crippen LogP contribution in [0.25, 0.3) is 0 Å². The van der Waals surface area contributed by atoms with Crippen LogP contribution in [0, 0.1) is 6.92 Å². The molecule has 0 radical (unpaired) electrons. The fourth-order valence-corrected chi connectivity index (χ4v) is 3.82. The van der Waals surface area contributed by atoms with Crippen LogP contribution in [0.2, 0.25) is 0 Å². The molecule has 0 bridgehead atoms. The molecular formula is C18H24N9O4+. The molecule has 0 saturated carbocycles. The topological polar surface area (TPSA) is 144 Å². The van der Waals surface area contributed by atoms with E-state index in [1.165, 1.54) is 34.6 Å². The third-order valence-electron chi connectivity index (χ3n) is 5.32. The number of nitrogens with zero attached hydrogens (tertiary/aromatic N) is 6. The minimum Gasteiger partial charge on any atom is -0.322 e. The van der Waals surface area contributed by atoms with E-state index in [4.69, 9.17) is 0 Å². The highest BCUT2D eigenvalue weighted by Gasteiger charge is 2.50. The van der Waals surface area contributed by atoms with Crippen LogP contribution in [0.4, 0.5) is 10.6 Å². The highest BCUT2D eigenvalue weighted by Crippen LogP contribution is 2.19. The summed E-state index contributed by atoms with van der Waals surface area (Å²) in [5.41, 5.74) is 0.659. The zero-order valence-corrected chi connectivity index (χ0v) is 17.6. The van der Waals surface area contributed by atoms with Gasteiger partial charge in [0.2, 0.25) is 5.91 Å². The maximum Gasteiger partial charge on any atom is 0.333 e. The number of carbonyl (C=O) groups excluding carboxylic acids is 4. The van der Waals surface area contributed by atoms with E-state index in [-0.39, 0.29) is 24.3 Å². The molecule has 1 aromatic heterocycles. The first-order valence-electron chi connectivity index (χ1n) is 9.79. The summed E-state index contributed by atoms with van der Waals surface area (Å²) in [6.45, 7) is 3.50. The van der Waals surface area contributed by atoms with Crippen molar-refractivity contribution in [2.75, 3.05) is 26.0 Å². The molecule has 0 spiro atoms. The summed E-state index contributed by atoms with van der Waals surface area (Å²) in [6, 6.07) is 0.322. The average Bonchev–Trinajstić information content (AvgIpc) is 3.27. The van der Waals surface area contributed by atoms with Gasteiger partial charge >= 0.3 is 6.03 Å².